The van der Waals surface area contributed by atoms with Crippen molar-refractivity contribution in [2.75, 3.05) is 5.32 Å². The fourth-order valence-electron chi connectivity index (χ4n) is 4.04. The largest absolute Gasteiger partial charge is 0.327 e. The molecule has 0 aliphatic heterocycles. The molecule has 7 nitrogen and oxygen atoms in total. The lowest BCUT2D eigenvalue weighted by Crippen LogP contribution is -2.12. The summed E-state index contributed by atoms with van der Waals surface area (Å²) in [4.78, 5) is 17.2. The van der Waals surface area contributed by atoms with Gasteiger partial charge in [-0.3, -0.25) is 9.48 Å². The molecule has 0 aliphatic rings. The lowest BCUT2D eigenvalue weighted by Gasteiger charge is -2.08. The van der Waals surface area contributed by atoms with E-state index in [2.05, 4.69) is 27.1 Å². The van der Waals surface area contributed by atoms with Crippen LogP contribution in [-0.2, 0) is 24.8 Å². The van der Waals surface area contributed by atoms with Crippen molar-refractivity contribution in [2.24, 2.45) is 7.05 Å². The van der Waals surface area contributed by atoms with Gasteiger partial charge in [-0.1, -0.05) is 12.1 Å². The topological polar surface area (TPSA) is 88.5 Å². The summed E-state index contributed by atoms with van der Waals surface area (Å²) in [7, 11) is 2.01. The van der Waals surface area contributed by atoms with E-state index >= 15 is 0 Å². The fraction of sp³-hybridized carbons (Fsp3) is 0.280. The van der Waals surface area contributed by atoms with Crippen molar-refractivity contribution in [3.05, 3.63) is 65.5 Å². The Kier molecular flexibility index (Phi) is 6.04. The van der Waals surface area contributed by atoms with E-state index in [1.54, 1.807) is 0 Å². The minimum Gasteiger partial charge on any atom is -0.327 e. The highest BCUT2D eigenvalue weighted by molar-refractivity contribution is 5.91. The van der Waals surface area contributed by atoms with Gasteiger partial charge in [0.1, 0.15) is 5.82 Å². The van der Waals surface area contributed by atoms with Gasteiger partial charge in [0.25, 0.3) is 0 Å². The average molecular weight is 427 g/mol. The molecule has 0 spiro atoms. The van der Waals surface area contributed by atoms with Crippen LogP contribution in [0, 0.1) is 25.2 Å². The number of hydrogen-bond donors (Lipinski definition) is 1. The molecule has 0 atom stereocenters. The highest BCUT2D eigenvalue weighted by Crippen LogP contribution is 2.25. The van der Waals surface area contributed by atoms with Gasteiger partial charge in [0, 0.05) is 30.4 Å². The molecular formula is C25H26N6O. The van der Waals surface area contributed by atoms with E-state index in [1.165, 1.54) is 0 Å². The number of para-hydroxylation sites is 2. The normalized spacial score (nSPS) is 10.9. The lowest BCUT2D eigenvalue weighted by atomic mass is 10.1. The molecule has 0 aliphatic carbocycles. The highest BCUT2D eigenvalue weighted by atomic mass is 16.1. The summed E-state index contributed by atoms with van der Waals surface area (Å²) in [5.41, 5.74) is 6.83. The Balaban J connectivity index is 1.40. The molecule has 2 aromatic carbocycles. The van der Waals surface area contributed by atoms with Crippen molar-refractivity contribution in [3.8, 4) is 17.5 Å². The Bertz CT molecular complexity index is 1310. The number of rotatable bonds is 7. The van der Waals surface area contributed by atoms with E-state index < -0.39 is 0 Å². The van der Waals surface area contributed by atoms with Crippen molar-refractivity contribution in [2.45, 2.75) is 39.7 Å². The molecule has 1 amide bonds. The molecule has 0 saturated carbocycles. The molecule has 2 heterocycles. The van der Waals surface area contributed by atoms with Crippen LogP contribution in [0.15, 0.2) is 48.5 Å². The number of carbonyl (C=O) groups is 1. The Morgan fingerprint density at radius 3 is 2.59 bits per heavy atom. The Labute approximate surface area is 187 Å². The minimum absolute atomic E-state index is 0.0379. The first-order valence-corrected chi connectivity index (χ1v) is 10.7. The van der Waals surface area contributed by atoms with Gasteiger partial charge in [-0.25, -0.2) is 4.98 Å². The second-order valence-electron chi connectivity index (χ2n) is 7.89. The molecule has 0 bridgehead atoms. The number of imidazole rings is 1. The molecule has 0 unspecified atom stereocenters. The van der Waals surface area contributed by atoms with Crippen molar-refractivity contribution in [1.29, 1.82) is 5.26 Å². The van der Waals surface area contributed by atoms with E-state index in [4.69, 9.17) is 10.2 Å². The van der Waals surface area contributed by atoms with Crippen LogP contribution in [0.3, 0.4) is 0 Å². The Morgan fingerprint density at radius 2 is 1.88 bits per heavy atom. The summed E-state index contributed by atoms with van der Waals surface area (Å²) in [5, 5.41) is 16.3. The van der Waals surface area contributed by atoms with E-state index in [-0.39, 0.29) is 5.91 Å². The van der Waals surface area contributed by atoms with Gasteiger partial charge >= 0.3 is 0 Å². The quantitative estimate of drug-likeness (QED) is 0.470. The van der Waals surface area contributed by atoms with Crippen molar-refractivity contribution >= 4 is 22.6 Å². The first-order chi connectivity index (χ1) is 15.5. The standard InChI is InChI=1S/C25H26N6O/c1-17-21(18(2)31(29-17)16-6-15-26)13-14-24(32)27-20-11-9-19(10-12-20)25-28-22-7-4-5-8-23(22)30(25)3/h4-5,7-12H,6,13-14,16H2,1-3H3,(H,27,32). The van der Waals surface area contributed by atoms with E-state index in [0.717, 1.165) is 45.1 Å². The van der Waals surface area contributed by atoms with Gasteiger partial charge in [-0.15, -0.1) is 0 Å². The number of anilines is 1. The summed E-state index contributed by atoms with van der Waals surface area (Å²) in [6, 6.07) is 18.0. The number of aryl methyl sites for hydroxylation is 3. The van der Waals surface area contributed by atoms with Gasteiger partial charge in [0.15, 0.2) is 0 Å². The second kappa shape index (κ2) is 9.06. The number of fused-ring (bicyclic) bond motifs is 1. The van der Waals surface area contributed by atoms with E-state index in [9.17, 15) is 4.79 Å². The minimum atomic E-state index is -0.0379. The number of amides is 1. The fourth-order valence-corrected chi connectivity index (χ4v) is 4.04. The van der Waals surface area contributed by atoms with Crippen LogP contribution < -0.4 is 5.32 Å². The third kappa shape index (κ3) is 4.26. The van der Waals surface area contributed by atoms with Gasteiger partial charge in [-0.2, -0.15) is 10.4 Å². The Hall–Kier alpha value is -3.92. The third-order valence-corrected chi connectivity index (χ3v) is 5.78. The number of aromatic nitrogens is 4. The number of nitrogens with zero attached hydrogens (tertiary/aromatic N) is 5. The zero-order valence-corrected chi connectivity index (χ0v) is 18.6. The van der Waals surface area contributed by atoms with Gasteiger partial charge in [0.2, 0.25) is 5.91 Å². The van der Waals surface area contributed by atoms with Crippen molar-refractivity contribution in [3.63, 3.8) is 0 Å². The maximum absolute atomic E-state index is 12.5. The first-order valence-electron chi connectivity index (χ1n) is 10.7. The number of nitrogens with one attached hydrogen (secondary N) is 1. The van der Waals surface area contributed by atoms with Crippen LogP contribution >= 0.6 is 0 Å². The molecular weight excluding hydrogens is 400 g/mol. The summed E-state index contributed by atoms with van der Waals surface area (Å²) in [5.74, 6) is 0.854. The zero-order valence-electron chi connectivity index (χ0n) is 18.6. The third-order valence-electron chi connectivity index (χ3n) is 5.78. The molecule has 162 valence electrons. The van der Waals surface area contributed by atoms with E-state index in [0.29, 0.717) is 25.8 Å². The molecule has 0 saturated heterocycles. The second-order valence-corrected chi connectivity index (χ2v) is 7.89. The lowest BCUT2D eigenvalue weighted by molar-refractivity contribution is -0.116. The monoisotopic (exact) mass is 426 g/mol. The Morgan fingerprint density at radius 1 is 1.12 bits per heavy atom. The molecule has 32 heavy (non-hydrogen) atoms. The maximum Gasteiger partial charge on any atom is 0.224 e. The number of carbonyl (C=O) groups excluding carboxylic acids is 1. The molecule has 0 fully saturated rings. The smallest absolute Gasteiger partial charge is 0.224 e. The van der Waals surface area contributed by atoms with Crippen LogP contribution in [0.1, 0.15) is 29.8 Å². The highest BCUT2D eigenvalue weighted by Gasteiger charge is 2.14. The number of nitriles is 1. The van der Waals surface area contributed by atoms with Gasteiger partial charge in [0.05, 0.1) is 35.8 Å². The van der Waals surface area contributed by atoms with Crippen LogP contribution in [0.4, 0.5) is 5.69 Å². The number of hydrogen-bond acceptors (Lipinski definition) is 4. The summed E-state index contributed by atoms with van der Waals surface area (Å²) in [6.45, 7) is 4.51. The zero-order chi connectivity index (χ0) is 22.7. The molecule has 2 aromatic heterocycles. The summed E-state index contributed by atoms with van der Waals surface area (Å²) < 4.78 is 3.93. The first kappa shape index (κ1) is 21.3. The molecule has 1 N–H and O–H groups in total. The average Bonchev–Trinajstić information content (AvgIpc) is 3.27. The maximum atomic E-state index is 12.5. The van der Waals surface area contributed by atoms with Crippen molar-refractivity contribution in [1.82, 2.24) is 19.3 Å². The van der Waals surface area contributed by atoms with Crippen LogP contribution in [-0.4, -0.2) is 25.2 Å². The predicted octanol–water partition coefficient (Wildman–Crippen LogP) is 4.54. The number of benzene rings is 2. The molecule has 0 radical (unpaired) electrons. The van der Waals surface area contributed by atoms with Gasteiger partial charge < -0.3 is 9.88 Å². The molecule has 4 rings (SSSR count). The summed E-state index contributed by atoms with van der Waals surface area (Å²) >= 11 is 0. The van der Waals surface area contributed by atoms with Crippen LogP contribution in [0.5, 0.6) is 0 Å². The van der Waals surface area contributed by atoms with Gasteiger partial charge in [-0.05, 0) is 62.2 Å². The van der Waals surface area contributed by atoms with Crippen LogP contribution in [0.25, 0.3) is 22.4 Å². The predicted molar refractivity (Wildman–Crippen MR) is 125 cm³/mol. The van der Waals surface area contributed by atoms with Crippen LogP contribution in [0.2, 0.25) is 0 Å². The summed E-state index contributed by atoms with van der Waals surface area (Å²) in [6.07, 6.45) is 1.41. The van der Waals surface area contributed by atoms with E-state index in [1.807, 2.05) is 68.0 Å². The SMILES string of the molecule is Cc1nn(CCC#N)c(C)c1CCC(=O)Nc1ccc(-c2nc3ccccc3n2C)cc1. The van der Waals surface area contributed by atoms with Crippen molar-refractivity contribution < 1.29 is 4.79 Å². The molecule has 4 aromatic rings. The molecule has 7 heteroatoms.